The average molecular weight is 506 g/mol. The number of hydrogen-bond donors (Lipinski definition) is 2. The molecule has 0 aliphatic heterocycles. The van der Waals surface area contributed by atoms with Crippen molar-refractivity contribution in [3.63, 3.8) is 0 Å². The molecule has 1 rings (SSSR count). The lowest BCUT2D eigenvalue weighted by Gasteiger charge is -2.23. The summed E-state index contributed by atoms with van der Waals surface area (Å²) in [6.07, 6.45) is 3.80. The Hall–Kier alpha value is -1.48. The number of nitrogens with one attached hydrogen (secondary N) is 1. The summed E-state index contributed by atoms with van der Waals surface area (Å²) in [5.41, 5.74) is 0.685. The molecule has 1 aromatic rings. The molecule has 0 fully saturated rings. The molecule has 9 nitrogen and oxygen atoms in total. The second kappa shape index (κ2) is 14.7. The Balaban J connectivity index is 2.76. The van der Waals surface area contributed by atoms with Crippen molar-refractivity contribution in [1.82, 2.24) is 15.2 Å². The minimum Gasteiger partial charge on any atom is -0.480 e. The number of carbonyl (C=O) groups is 2. The van der Waals surface area contributed by atoms with Gasteiger partial charge in [-0.2, -0.15) is 0 Å². The lowest BCUT2D eigenvalue weighted by atomic mass is 10.1. The molecule has 0 saturated carbocycles. The van der Waals surface area contributed by atoms with E-state index in [1.165, 1.54) is 16.2 Å². The maximum absolute atomic E-state index is 13.3. The van der Waals surface area contributed by atoms with Crippen molar-refractivity contribution in [3.8, 4) is 0 Å². The SMILES string of the molecule is CCCCOP(=O)(CC(C)c1nc(CN(C)C(=O)N[C@H](C(=O)O)C(C)C)cs1)OCCCC. The number of nitrogens with zero attached hydrogens (tertiary/aromatic N) is 2. The van der Waals surface area contributed by atoms with Gasteiger partial charge in [-0.05, 0) is 18.8 Å². The van der Waals surface area contributed by atoms with Gasteiger partial charge in [-0.15, -0.1) is 11.3 Å². The molecule has 0 spiro atoms. The van der Waals surface area contributed by atoms with E-state index in [4.69, 9.17) is 9.05 Å². The highest BCUT2D eigenvalue weighted by atomic mass is 32.1. The first-order valence-electron chi connectivity index (χ1n) is 11.6. The Labute approximate surface area is 201 Å². The van der Waals surface area contributed by atoms with E-state index in [1.54, 1.807) is 20.9 Å². The first-order chi connectivity index (χ1) is 15.5. The zero-order valence-corrected chi connectivity index (χ0v) is 22.4. The van der Waals surface area contributed by atoms with Crippen LogP contribution in [0.1, 0.15) is 76.9 Å². The van der Waals surface area contributed by atoms with Crippen LogP contribution in [0.5, 0.6) is 0 Å². The van der Waals surface area contributed by atoms with Crippen molar-refractivity contribution >= 4 is 30.9 Å². The van der Waals surface area contributed by atoms with E-state index in [1.807, 2.05) is 26.2 Å². The number of carboxylic acids is 1. The molecule has 190 valence electrons. The van der Waals surface area contributed by atoms with Crippen LogP contribution in [0.25, 0.3) is 0 Å². The molecule has 1 aromatic heterocycles. The summed E-state index contributed by atoms with van der Waals surface area (Å²) in [5, 5.41) is 14.5. The van der Waals surface area contributed by atoms with Crippen LogP contribution >= 0.6 is 18.9 Å². The van der Waals surface area contributed by atoms with Gasteiger partial charge in [-0.25, -0.2) is 14.6 Å². The summed E-state index contributed by atoms with van der Waals surface area (Å²) in [7, 11) is -1.64. The average Bonchev–Trinajstić information content (AvgIpc) is 3.20. The lowest BCUT2D eigenvalue weighted by Crippen LogP contribution is -2.48. The second-order valence-corrected chi connectivity index (χ2v) is 11.6. The van der Waals surface area contributed by atoms with Gasteiger partial charge in [-0.1, -0.05) is 47.5 Å². The number of aromatic nitrogens is 1. The van der Waals surface area contributed by atoms with Crippen molar-refractivity contribution in [3.05, 3.63) is 16.1 Å². The van der Waals surface area contributed by atoms with Crippen molar-refractivity contribution in [2.24, 2.45) is 5.92 Å². The number of carboxylic acid groups (broad SMARTS) is 1. The topological polar surface area (TPSA) is 118 Å². The maximum Gasteiger partial charge on any atom is 0.331 e. The van der Waals surface area contributed by atoms with Crippen molar-refractivity contribution < 1.29 is 28.3 Å². The fourth-order valence-electron chi connectivity index (χ4n) is 2.95. The summed E-state index contributed by atoms with van der Waals surface area (Å²) >= 11 is 1.44. The maximum atomic E-state index is 13.3. The first-order valence-corrected chi connectivity index (χ1v) is 14.2. The van der Waals surface area contributed by atoms with E-state index in [9.17, 15) is 19.3 Å². The minimum atomic E-state index is -3.23. The van der Waals surface area contributed by atoms with Gasteiger partial charge in [0.15, 0.2) is 0 Å². The molecular weight excluding hydrogens is 465 g/mol. The fraction of sp³-hybridized carbons (Fsp3) is 0.773. The van der Waals surface area contributed by atoms with Gasteiger partial charge in [-0.3, -0.25) is 4.57 Å². The Kier molecular flexibility index (Phi) is 13.2. The zero-order valence-electron chi connectivity index (χ0n) is 20.7. The monoisotopic (exact) mass is 505 g/mol. The highest BCUT2D eigenvalue weighted by Gasteiger charge is 2.30. The molecule has 0 radical (unpaired) electrons. The molecule has 0 aromatic carbocycles. The van der Waals surface area contributed by atoms with Gasteiger partial charge >= 0.3 is 19.6 Å². The van der Waals surface area contributed by atoms with Crippen LogP contribution in [0.2, 0.25) is 0 Å². The van der Waals surface area contributed by atoms with E-state index in [0.29, 0.717) is 18.9 Å². The minimum absolute atomic E-state index is 0.130. The fourth-order valence-corrected chi connectivity index (χ4v) is 5.88. The largest absolute Gasteiger partial charge is 0.480 e. The number of hydrogen-bond acceptors (Lipinski definition) is 7. The third-order valence-electron chi connectivity index (χ3n) is 5.02. The van der Waals surface area contributed by atoms with Crippen LogP contribution < -0.4 is 5.32 Å². The van der Waals surface area contributed by atoms with Gasteiger partial charge in [0.25, 0.3) is 0 Å². The molecule has 2 amide bonds. The van der Waals surface area contributed by atoms with Gasteiger partial charge in [0.2, 0.25) is 0 Å². The van der Waals surface area contributed by atoms with Crippen LogP contribution in [-0.2, 0) is 25.0 Å². The van der Waals surface area contributed by atoms with Gasteiger partial charge < -0.3 is 24.4 Å². The third-order valence-corrected chi connectivity index (χ3v) is 8.29. The van der Waals surface area contributed by atoms with E-state index >= 15 is 0 Å². The van der Waals surface area contributed by atoms with Crippen LogP contribution in [0.3, 0.4) is 0 Å². The predicted molar refractivity (Wildman–Crippen MR) is 131 cm³/mol. The van der Waals surface area contributed by atoms with E-state index in [2.05, 4.69) is 10.3 Å². The number of unbranched alkanes of at least 4 members (excludes halogenated alkanes) is 2. The van der Waals surface area contributed by atoms with Gasteiger partial charge in [0.05, 0.1) is 36.6 Å². The van der Waals surface area contributed by atoms with E-state index in [0.717, 1.165) is 30.7 Å². The summed E-state index contributed by atoms with van der Waals surface area (Å²) in [6, 6.07) is -1.43. The quantitative estimate of drug-likeness (QED) is 0.230. The number of urea groups is 1. The molecule has 33 heavy (non-hydrogen) atoms. The molecule has 2 atom stereocenters. The van der Waals surface area contributed by atoms with Crippen molar-refractivity contribution in [2.45, 2.75) is 78.8 Å². The van der Waals surface area contributed by atoms with Crippen LogP contribution in [0.4, 0.5) is 4.79 Å². The molecule has 0 aliphatic rings. The number of carbonyl (C=O) groups excluding carboxylic acids is 1. The van der Waals surface area contributed by atoms with E-state index in [-0.39, 0.29) is 24.5 Å². The highest BCUT2D eigenvalue weighted by Crippen LogP contribution is 2.51. The van der Waals surface area contributed by atoms with E-state index < -0.39 is 25.6 Å². The van der Waals surface area contributed by atoms with Gasteiger partial charge in [0.1, 0.15) is 6.04 Å². The number of rotatable bonds is 16. The Morgan fingerprint density at radius 3 is 2.24 bits per heavy atom. The van der Waals surface area contributed by atoms with Crippen molar-refractivity contribution in [1.29, 1.82) is 0 Å². The molecule has 1 unspecified atom stereocenters. The van der Waals surface area contributed by atoms with Crippen LogP contribution in [-0.4, -0.2) is 59.5 Å². The highest BCUT2D eigenvalue weighted by molar-refractivity contribution is 7.53. The number of amides is 2. The molecular formula is C22H40N3O6PS. The van der Waals surface area contributed by atoms with Gasteiger partial charge in [0, 0.05) is 18.3 Å². The smallest absolute Gasteiger partial charge is 0.331 e. The summed E-state index contributed by atoms with van der Waals surface area (Å²) < 4.78 is 24.6. The number of thiazole rings is 1. The summed E-state index contributed by atoms with van der Waals surface area (Å²) in [6.45, 7) is 10.6. The third kappa shape index (κ3) is 10.5. The predicted octanol–water partition coefficient (Wildman–Crippen LogP) is 5.32. The Morgan fingerprint density at radius 2 is 1.76 bits per heavy atom. The summed E-state index contributed by atoms with van der Waals surface area (Å²) in [5.74, 6) is -1.43. The molecule has 0 aliphatic carbocycles. The Bertz CT molecular complexity index is 774. The summed E-state index contributed by atoms with van der Waals surface area (Å²) in [4.78, 5) is 29.7. The molecule has 11 heteroatoms. The number of aliphatic carboxylic acids is 1. The Morgan fingerprint density at radius 1 is 1.18 bits per heavy atom. The second-order valence-electron chi connectivity index (χ2n) is 8.61. The van der Waals surface area contributed by atoms with Crippen molar-refractivity contribution in [2.75, 3.05) is 26.4 Å². The normalized spacial score (nSPS) is 13.7. The molecule has 2 N–H and O–H groups in total. The van der Waals surface area contributed by atoms with Crippen LogP contribution in [0.15, 0.2) is 5.38 Å². The molecule has 0 bridgehead atoms. The lowest BCUT2D eigenvalue weighted by molar-refractivity contribution is -0.140. The first kappa shape index (κ1) is 29.6. The zero-order chi connectivity index (χ0) is 25.0. The standard InChI is InChI=1S/C22H40N3O6PS/c1-7-9-11-30-32(29,31-12-10-8-2)14-17(5)20-23-18(15-33-20)13-25(6)22(28)24-19(16(3)4)21(26)27/h15-17,19H,7-14H2,1-6H3,(H,24,28)(H,26,27)/t17?,19-/m0/s1. The van der Waals surface area contributed by atoms with Crippen LogP contribution in [0, 0.1) is 5.92 Å². The molecule has 0 saturated heterocycles. The molecule has 1 heterocycles.